The molecule has 0 aliphatic heterocycles. The van der Waals surface area contributed by atoms with Gasteiger partial charge in [0.2, 0.25) is 0 Å². The molecule has 2 rings (SSSR count). The monoisotopic (exact) mass is 269 g/mol. The highest BCUT2D eigenvalue weighted by Crippen LogP contribution is 2.19. The molecule has 1 atom stereocenters. The lowest BCUT2D eigenvalue weighted by molar-refractivity contribution is 0.873. The maximum absolute atomic E-state index is 4.57. The summed E-state index contributed by atoms with van der Waals surface area (Å²) in [5, 5.41) is 6.75. The molecule has 0 bridgehead atoms. The number of aryl methyl sites for hydroxylation is 1. The molecule has 3 heteroatoms. The second-order valence-electron chi connectivity index (χ2n) is 5.11. The molecule has 1 heterocycles. The average Bonchev–Trinajstić information content (AvgIpc) is 2.46. The molecule has 0 amide bonds. The molecule has 1 aromatic heterocycles. The molecule has 3 nitrogen and oxygen atoms in total. The van der Waals surface area contributed by atoms with Gasteiger partial charge in [-0.2, -0.15) is 0 Å². The van der Waals surface area contributed by atoms with E-state index in [1.54, 1.807) is 0 Å². The first-order valence-corrected chi connectivity index (χ1v) is 7.23. The maximum Gasteiger partial charge on any atom is 0.128 e. The summed E-state index contributed by atoms with van der Waals surface area (Å²) in [5.74, 6) is 1.83. The number of nitrogens with one attached hydrogen (secondary N) is 2. The van der Waals surface area contributed by atoms with Gasteiger partial charge in [0.1, 0.15) is 11.6 Å². The number of benzene rings is 1. The van der Waals surface area contributed by atoms with Crippen molar-refractivity contribution in [2.24, 2.45) is 0 Å². The second-order valence-corrected chi connectivity index (χ2v) is 5.11. The molecular formula is C17H23N3. The predicted octanol–water partition coefficient (Wildman–Crippen LogP) is 4.39. The number of hydrogen-bond donors (Lipinski definition) is 2. The van der Waals surface area contributed by atoms with E-state index in [4.69, 9.17) is 0 Å². The fourth-order valence-electron chi connectivity index (χ4n) is 2.03. The smallest absolute Gasteiger partial charge is 0.128 e. The standard InChI is InChI=1S/C17H23N3/c1-4-12-18-16-6-5-7-17(20-16)19-14(3)15-10-8-13(2)9-11-15/h5-11,14H,4,12H2,1-3H3,(H2,18,19,20). The van der Waals surface area contributed by atoms with Crippen LogP contribution in [0.4, 0.5) is 11.6 Å². The van der Waals surface area contributed by atoms with E-state index in [2.05, 4.69) is 60.7 Å². The van der Waals surface area contributed by atoms with Gasteiger partial charge < -0.3 is 10.6 Å². The van der Waals surface area contributed by atoms with Gasteiger partial charge in [-0.25, -0.2) is 4.98 Å². The second kappa shape index (κ2) is 6.94. The third-order valence-corrected chi connectivity index (χ3v) is 3.25. The van der Waals surface area contributed by atoms with Gasteiger partial charge in [0.05, 0.1) is 0 Å². The summed E-state index contributed by atoms with van der Waals surface area (Å²) in [6.45, 7) is 7.35. The molecule has 0 saturated heterocycles. The van der Waals surface area contributed by atoms with Gasteiger partial charge in [-0.05, 0) is 38.0 Å². The number of aromatic nitrogens is 1. The van der Waals surface area contributed by atoms with Crippen LogP contribution in [0.3, 0.4) is 0 Å². The average molecular weight is 269 g/mol. The minimum Gasteiger partial charge on any atom is -0.370 e. The first-order chi connectivity index (χ1) is 9.69. The number of nitrogens with zero attached hydrogens (tertiary/aromatic N) is 1. The molecule has 1 aromatic carbocycles. The van der Waals surface area contributed by atoms with E-state index in [9.17, 15) is 0 Å². The van der Waals surface area contributed by atoms with Crippen molar-refractivity contribution in [2.75, 3.05) is 17.2 Å². The van der Waals surface area contributed by atoms with Crippen LogP contribution in [0.1, 0.15) is 37.4 Å². The lowest BCUT2D eigenvalue weighted by atomic mass is 10.1. The predicted molar refractivity (Wildman–Crippen MR) is 86.2 cm³/mol. The van der Waals surface area contributed by atoms with Crippen molar-refractivity contribution in [3.63, 3.8) is 0 Å². The van der Waals surface area contributed by atoms with E-state index in [1.165, 1.54) is 11.1 Å². The zero-order valence-corrected chi connectivity index (χ0v) is 12.5. The van der Waals surface area contributed by atoms with Crippen LogP contribution in [-0.2, 0) is 0 Å². The Kier molecular flexibility index (Phi) is 4.99. The molecule has 2 aromatic rings. The molecule has 1 unspecified atom stereocenters. The first-order valence-electron chi connectivity index (χ1n) is 7.23. The number of pyridine rings is 1. The molecule has 0 aliphatic carbocycles. The fourth-order valence-corrected chi connectivity index (χ4v) is 2.03. The Hall–Kier alpha value is -2.03. The Morgan fingerprint density at radius 3 is 2.45 bits per heavy atom. The molecule has 0 saturated carbocycles. The van der Waals surface area contributed by atoms with Crippen LogP contribution in [0.15, 0.2) is 42.5 Å². The van der Waals surface area contributed by atoms with Crippen molar-refractivity contribution in [1.29, 1.82) is 0 Å². The molecule has 0 fully saturated rings. The molecule has 106 valence electrons. The Morgan fingerprint density at radius 2 is 1.75 bits per heavy atom. The summed E-state index contributed by atoms with van der Waals surface area (Å²) >= 11 is 0. The highest BCUT2D eigenvalue weighted by atomic mass is 15.1. The van der Waals surface area contributed by atoms with Crippen LogP contribution in [-0.4, -0.2) is 11.5 Å². The van der Waals surface area contributed by atoms with Crippen molar-refractivity contribution in [1.82, 2.24) is 4.98 Å². The van der Waals surface area contributed by atoms with Gasteiger partial charge in [0.15, 0.2) is 0 Å². The highest BCUT2D eigenvalue weighted by molar-refractivity contribution is 5.46. The summed E-state index contributed by atoms with van der Waals surface area (Å²) in [6.07, 6.45) is 1.10. The van der Waals surface area contributed by atoms with Gasteiger partial charge in [-0.3, -0.25) is 0 Å². The quantitative estimate of drug-likeness (QED) is 0.817. The van der Waals surface area contributed by atoms with Crippen molar-refractivity contribution < 1.29 is 0 Å². The van der Waals surface area contributed by atoms with Crippen LogP contribution in [0.2, 0.25) is 0 Å². The van der Waals surface area contributed by atoms with Crippen LogP contribution in [0.25, 0.3) is 0 Å². The molecular weight excluding hydrogens is 246 g/mol. The van der Waals surface area contributed by atoms with Crippen molar-refractivity contribution >= 4 is 11.6 Å². The maximum atomic E-state index is 4.57. The van der Waals surface area contributed by atoms with Crippen molar-refractivity contribution in [3.05, 3.63) is 53.6 Å². The zero-order chi connectivity index (χ0) is 14.4. The zero-order valence-electron chi connectivity index (χ0n) is 12.5. The summed E-state index contributed by atoms with van der Waals surface area (Å²) in [4.78, 5) is 4.57. The largest absolute Gasteiger partial charge is 0.370 e. The topological polar surface area (TPSA) is 37.0 Å². The molecule has 2 N–H and O–H groups in total. The van der Waals surface area contributed by atoms with Crippen LogP contribution in [0, 0.1) is 6.92 Å². The molecule has 0 radical (unpaired) electrons. The van der Waals surface area contributed by atoms with Gasteiger partial charge >= 0.3 is 0 Å². The first kappa shape index (κ1) is 14.4. The number of rotatable bonds is 6. The van der Waals surface area contributed by atoms with Gasteiger partial charge in [-0.15, -0.1) is 0 Å². The van der Waals surface area contributed by atoms with Gasteiger partial charge in [0, 0.05) is 12.6 Å². The number of anilines is 2. The summed E-state index contributed by atoms with van der Waals surface area (Å²) in [6, 6.07) is 14.9. The Balaban J connectivity index is 2.03. The van der Waals surface area contributed by atoms with E-state index in [0.29, 0.717) is 0 Å². The van der Waals surface area contributed by atoms with E-state index < -0.39 is 0 Å². The van der Waals surface area contributed by atoms with Crippen LogP contribution >= 0.6 is 0 Å². The fraction of sp³-hybridized carbons (Fsp3) is 0.353. The SMILES string of the molecule is CCCNc1cccc(NC(C)c2ccc(C)cc2)n1. The highest BCUT2D eigenvalue weighted by Gasteiger charge is 2.06. The molecule has 0 aliphatic rings. The number of hydrogen-bond acceptors (Lipinski definition) is 3. The van der Waals surface area contributed by atoms with Gasteiger partial charge in [-0.1, -0.05) is 42.8 Å². The normalized spacial score (nSPS) is 11.9. The summed E-state index contributed by atoms with van der Waals surface area (Å²) in [7, 11) is 0. The lowest BCUT2D eigenvalue weighted by Crippen LogP contribution is -2.09. The van der Waals surface area contributed by atoms with E-state index >= 15 is 0 Å². The molecule has 20 heavy (non-hydrogen) atoms. The lowest BCUT2D eigenvalue weighted by Gasteiger charge is -2.16. The Bertz CT molecular complexity index is 534. The van der Waals surface area contributed by atoms with E-state index in [1.807, 2.05) is 18.2 Å². The minimum atomic E-state index is 0.240. The van der Waals surface area contributed by atoms with Gasteiger partial charge in [0.25, 0.3) is 0 Å². The third kappa shape index (κ3) is 3.98. The van der Waals surface area contributed by atoms with Crippen molar-refractivity contribution in [3.8, 4) is 0 Å². The molecule has 0 spiro atoms. The van der Waals surface area contributed by atoms with E-state index in [-0.39, 0.29) is 6.04 Å². The minimum absolute atomic E-state index is 0.240. The van der Waals surface area contributed by atoms with Crippen LogP contribution in [0.5, 0.6) is 0 Å². The van der Waals surface area contributed by atoms with Crippen molar-refractivity contribution in [2.45, 2.75) is 33.2 Å². The Morgan fingerprint density at radius 1 is 1.05 bits per heavy atom. The van der Waals surface area contributed by atoms with Crippen LogP contribution < -0.4 is 10.6 Å². The third-order valence-electron chi connectivity index (χ3n) is 3.25. The summed E-state index contributed by atoms with van der Waals surface area (Å²) < 4.78 is 0. The summed E-state index contributed by atoms with van der Waals surface area (Å²) in [5.41, 5.74) is 2.55. The van der Waals surface area contributed by atoms with E-state index in [0.717, 1.165) is 24.6 Å². The Labute approximate surface area is 121 Å².